The zero-order valence-electron chi connectivity index (χ0n) is 11.7. The van der Waals surface area contributed by atoms with Crippen molar-refractivity contribution in [3.63, 3.8) is 0 Å². The fourth-order valence-corrected chi connectivity index (χ4v) is 5.54. The van der Waals surface area contributed by atoms with Crippen LogP contribution in [0, 0.1) is 0 Å². The molecule has 0 aromatic heterocycles. The lowest BCUT2D eigenvalue weighted by atomic mass is 10.1. The van der Waals surface area contributed by atoms with Crippen LogP contribution in [0.2, 0.25) is 5.02 Å². The molecular weight excluding hydrogens is 322 g/mol. The van der Waals surface area contributed by atoms with Crippen LogP contribution in [0.15, 0.2) is 59.5 Å². The third kappa shape index (κ3) is 2.34. The second-order valence-electron chi connectivity index (χ2n) is 5.58. The number of benzene rings is 2. The van der Waals surface area contributed by atoms with E-state index in [0.29, 0.717) is 5.02 Å². The number of aliphatic hydroxyl groups excluding tert-OH is 1. The Morgan fingerprint density at radius 3 is 2.41 bits per heavy atom. The molecule has 3 rings (SSSR count). The highest BCUT2D eigenvalue weighted by atomic mass is 35.5. The summed E-state index contributed by atoms with van der Waals surface area (Å²) in [5, 5.41) is 9.28. The van der Waals surface area contributed by atoms with Gasteiger partial charge in [-0.15, -0.1) is 0 Å². The van der Waals surface area contributed by atoms with Crippen molar-refractivity contribution in [2.75, 3.05) is 6.61 Å². The maximum absolute atomic E-state index is 12.8. The average molecular weight is 338 g/mol. The number of rotatable bonds is 4. The number of sulfone groups is 1. The fourth-order valence-electron chi connectivity index (χ4n) is 3.02. The van der Waals surface area contributed by atoms with Crippen LogP contribution in [0.1, 0.15) is 11.5 Å². The summed E-state index contributed by atoms with van der Waals surface area (Å²) in [6, 6.07) is 15.1. The van der Waals surface area contributed by atoms with Gasteiger partial charge in [-0.1, -0.05) is 41.9 Å². The predicted octanol–water partition coefficient (Wildman–Crippen LogP) is 1.97. The van der Waals surface area contributed by atoms with Gasteiger partial charge in [0.05, 0.1) is 22.3 Å². The van der Waals surface area contributed by atoms with Crippen molar-refractivity contribution >= 4 is 21.4 Å². The van der Waals surface area contributed by atoms with Gasteiger partial charge >= 0.3 is 0 Å². The topological polar surface area (TPSA) is 80.4 Å². The summed E-state index contributed by atoms with van der Waals surface area (Å²) in [5.74, 6) is -0.471. The first-order valence-electron chi connectivity index (χ1n) is 6.85. The first kappa shape index (κ1) is 15.5. The van der Waals surface area contributed by atoms with Gasteiger partial charge in [-0.05, 0) is 29.8 Å². The van der Waals surface area contributed by atoms with Crippen LogP contribution in [0.25, 0.3) is 0 Å². The highest BCUT2D eigenvalue weighted by Crippen LogP contribution is 2.55. The van der Waals surface area contributed by atoms with Gasteiger partial charge in [-0.3, -0.25) is 0 Å². The predicted molar refractivity (Wildman–Crippen MR) is 85.6 cm³/mol. The van der Waals surface area contributed by atoms with Crippen molar-refractivity contribution in [3.05, 3.63) is 65.2 Å². The van der Waals surface area contributed by atoms with Crippen molar-refractivity contribution in [1.29, 1.82) is 0 Å². The lowest BCUT2D eigenvalue weighted by Crippen LogP contribution is -2.35. The minimum atomic E-state index is -3.62. The van der Waals surface area contributed by atoms with Gasteiger partial charge in [-0.2, -0.15) is 0 Å². The third-order valence-corrected chi connectivity index (χ3v) is 6.73. The van der Waals surface area contributed by atoms with E-state index in [9.17, 15) is 13.5 Å². The van der Waals surface area contributed by atoms with Gasteiger partial charge < -0.3 is 10.8 Å². The molecule has 4 nitrogen and oxygen atoms in total. The molecule has 2 aromatic rings. The summed E-state index contributed by atoms with van der Waals surface area (Å²) in [4.78, 5) is 0.216. The number of aliphatic hydroxyl groups is 1. The molecule has 1 aliphatic rings. The van der Waals surface area contributed by atoms with Crippen LogP contribution < -0.4 is 5.73 Å². The quantitative estimate of drug-likeness (QED) is 0.893. The lowest BCUT2D eigenvalue weighted by molar-refractivity contribution is 0.253. The maximum Gasteiger partial charge on any atom is 0.183 e. The lowest BCUT2D eigenvalue weighted by Gasteiger charge is -2.08. The standard InChI is InChI=1S/C16H16ClNO3S/c17-12-6-4-5-11(9-12)14-15(16(14,18)10-19)22(20,21)13-7-2-1-3-8-13/h1-9,14-15,19H,10,18H2/t14-,15+,16+/m1/s1. The maximum atomic E-state index is 12.8. The van der Waals surface area contributed by atoms with Crippen molar-refractivity contribution in [2.45, 2.75) is 21.6 Å². The number of hydrogen-bond acceptors (Lipinski definition) is 4. The van der Waals surface area contributed by atoms with Crippen LogP contribution in [0.5, 0.6) is 0 Å². The molecule has 0 aliphatic heterocycles. The van der Waals surface area contributed by atoms with E-state index < -0.39 is 33.2 Å². The van der Waals surface area contributed by atoms with E-state index in [1.807, 2.05) is 0 Å². The Morgan fingerprint density at radius 1 is 1.14 bits per heavy atom. The number of hydrogen-bond donors (Lipinski definition) is 2. The summed E-state index contributed by atoms with van der Waals surface area (Å²) < 4.78 is 25.6. The summed E-state index contributed by atoms with van der Waals surface area (Å²) >= 11 is 5.98. The van der Waals surface area contributed by atoms with Gasteiger partial charge in [-0.25, -0.2) is 8.42 Å². The van der Waals surface area contributed by atoms with Crippen molar-refractivity contribution in [2.24, 2.45) is 5.73 Å². The molecule has 6 heteroatoms. The zero-order valence-corrected chi connectivity index (χ0v) is 13.3. The Balaban J connectivity index is 2.04. The Labute approximate surface area is 134 Å². The van der Waals surface area contributed by atoms with Gasteiger partial charge in [0.2, 0.25) is 0 Å². The molecule has 0 saturated heterocycles. The molecule has 3 atom stereocenters. The van der Waals surface area contributed by atoms with E-state index in [4.69, 9.17) is 17.3 Å². The van der Waals surface area contributed by atoms with E-state index in [2.05, 4.69) is 0 Å². The van der Waals surface area contributed by atoms with Gasteiger partial charge in [0.25, 0.3) is 0 Å². The molecule has 22 heavy (non-hydrogen) atoms. The first-order chi connectivity index (χ1) is 10.4. The van der Waals surface area contributed by atoms with Gasteiger partial charge in [0.1, 0.15) is 0 Å². The van der Waals surface area contributed by atoms with Crippen molar-refractivity contribution in [1.82, 2.24) is 0 Å². The monoisotopic (exact) mass is 337 g/mol. The third-order valence-electron chi connectivity index (χ3n) is 4.19. The summed E-state index contributed by atoms with van der Waals surface area (Å²) in [7, 11) is -3.62. The molecule has 0 heterocycles. The molecule has 116 valence electrons. The number of nitrogens with two attached hydrogens (primary N) is 1. The number of halogens is 1. The molecule has 0 unspecified atom stereocenters. The molecule has 0 radical (unpaired) electrons. The van der Waals surface area contributed by atoms with Crippen LogP contribution in [-0.2, 0) is 9.84 Å². The van der Waals surface area contributed by atoms with Crippen LogP contribution in [0.3, 0.4) is 0 Å². The average Bonchev–Trinajstić information content (AvgIpc) is 3.16. The van der Waals surface area contributed by atoms with Crippen LogP contribution in [-0.4, -0.2) is 30.9 Å². The van der Waals surface area contributed by atoms with Gasteiger partial charge in [0.15, 0.2) is 9.84 Å². The SMILES string of the molecule is N[C@@]1(CO)[C@H](c2cccc(Cl)c2)[C@@H]1S(=O)(=O)c1ccccc1. The van der Waals surface area contributed by atoms with E-state index >= 15 is 0 Å². The van der Waals surface area contributed by atoms with E-state index in [0.717, 1.165) is 5.56 Å². The molecule has 3 N–H and O–H groups in total. The molecule has 2 aromatic carbocycles. The molecule has 1 fully saturated rings. The first-order valence-corrected chi connectivity index (χ1v) is 8.78. The normalized spacial score (nSPS) is 27.6. The molecule has 1 aliphatic carbocycles. The Morgan fingerprint density at radius 2 is 1.82 bits per heavy atom. The van der Waals surface area contributed by atoms with Gasteiger partial charge in [0, 0.05) is 10.9 Å². The molecular formula is C16H16ClNO3S. The molecule has 0 bridgehead atoms. The summed E-state index contributed by atoms with van der Waals surface area (Å²) in [6.45, 7) is -0.402. The molecule has 0 spiro atoms. The second-order valence-corrected chi connectivity index (χ2v) is 8.09. The largest absolute Gasteiger partial charge is 0.394 e. The zero-order chi connectivity index (χ0) is 16.0. The van der Waals surface area contributed by atoms with Crippen LogP contribution >= 0.6 is 11.6 Å². The smallest absolute Gasteiger partial charge is 0.183 e. The van der Waals surface area contributed by atoms with Crippen molar-refractivity contribution in [3.8, 4) is 0 Å². The van der Waals surface area contributed by atoms with Crippen molar-refractivity contribution < 1.29 is 13.5 Å². The molecule has 0 amide bonds. The van der Waals surface area contributed by atoms with Crippen LogP contribution in [0.4, 0.5) is 0 Å². The highest BCUT2D eigenvalue weighted by molar-refractivity contribution is 7.92. The Bertz CT molecular complexity index is 794. The summed E-state index contributed by atoms with van der Waals surface area (Å²) in [6.07, 6.45) is 0. The minimum absolute atomic E-state index is 0.216. The second kappa shape index (κ2) is 5.35. The Hall–Kier alpha value is -1.40. The summed E-state index contributed by atoms with van der Waals surface area (Å²) in [5.41, 5.74) is 5.72. The highest BCUT2D eigenvalue weighted by Gasteiger charge is 2.69. The van der Waals surface area contributed by atoms with E-state index in [1.165, 1.54) is 0 Å². The van der Waals surface area contributed by atoms with E-state index in [1.54, 1.807) is 54.6 Å². The Kier molecular flexibility index (Phi) is 3.77. The minimum Gasteiger partial charge on any atom is -0.394 e. The molecule has 1 saturated carbocycles. The fraction of sp³-hybridized carbons (Fsp3) is 0.250. The van der Waals surface area contributed by atoms with E-state index in [-0.39, 0.29) is 4.90 Å².